The zero-order valence-electron chi connectivity index (χ0n) is 10.1. The minimum Gasteiger partial charge on any atom is -0.206 e. The highest BCUT2D eigenvalue weighted by molar-refractivity contribution is 7.92. The second kappa shape index (κ2) is 5.47. The lowest BCUT2D eigenvalue weighted by atomic mass is 10.3. The SMILES string of the molecule is CC[C@@H](C#N)NS(=O)(=O)c1sc2ccccc2c1Cl. The molecule has 0 amide bonds. The van der Waals surface area contributed by atoms with Gasteiger partial charge in [0.15, 0.2) is 4.21 Å². The van der Waals surface area contributed by atoms with Crippen molar-refractivity contribution < 1.29 is 8.42 Å². The first-order valence-corrected chi connectivity index (χ1v) is 8.26. The van der Waals surface area contributed by atoms with Crippen LogP contribution in [-0.2, 0) is 10.0 Å². The normalized spacial score (nSPS) is 13.3. The fourth-order valence-electron chi connectivity index (χ4n) is 1.61. The highest BCUT2D eigenvalue weighted by Crippen LogP contribution is 2.38. The minimum absolute atomic E-state index is 0.0593. The Morgan fingerprint density at radius 3 is 2.74 bits per heavy atom. The van der Waals surface area contributed by atoms with Crippen molar-refractivity contribution in [1.29, 1.82) is 5.26 Å². The molecule has 1 aromatic heterocycles. The Hall–Kier alpha value is -1.13. The number of sulfonamides is 1. The topological polar surface area (TPSA) is 70.0 Å². The summed E-state index contributed by atoms with van der Waals surface area (Å²) < 4.78 is 27.6. The van der Waals surface area contributed by atoms with Gasteiger partial charge in [-0.1, -0.05) is 36.7 Å². The van der Waals surface area contributed by atoms with Crippen LogP contribution in [0.2, 0.25) is 5.02 Å². The van der Waals surface area contributed by atoms with Crippen molar-refractivity contribution in [2.75, 3.05) is 0 Å². The molecule has 2 rings (SSSR count). The van der Waals surface area contributed by atoms with Crippen molar-refractivity contribution in [2.45, 2.75) is 23.6 Å². The number of thiophene rings is 1. The molecular weight excluding hydrogens is 304 g/mol. The summed E-state index contributed by atoms with van der Waals surface area (Å²) in [6.45, 7) is 1.74. The van der Waals surface area contributed by atoms with Crippen molar-refractivity contribution in [3.63, 3.8) is 0 Å². The van der Waals surface area contributed by atoms with Crippen LogP contribution in [0.15, 0.2) is 28.5 Å². The van der Waals surface area contributed by atoms with E-state index in [9.17, 15) is 8.42 Å². The van der Waals surface area contributed by atoms with Gasteiger partial charge in [0, 0.05) is 10.1 Å². The number of hydrogen-bond acceptors (Lipinski definition) is 4. The molecule has 7 heteroatoms. The monoisotopic (exact) mass is 314 g/mol. The molecule has 1 atom stereocenters. The van der Waals surface area contributed by atoms with Gasteiger partial charge in [-0.05, 0) is 12.5 Å². The molecule has 0 unspecified atom stereocenters. The quantitative estimate of drug-likeness (QED) is 0.942. The third-order valence-electron chi connectivity index (χ3n) is 2.61. The molecule has 2 aromatic rings. The molecule has 0 bridgehead atoms. The molecule has 0 fully saturated rings. The molecule has 4 nitrogen and oxygen atoms in total. The van der Waals surface area contributed by atoms with E-state index in [0.717, 1.165) is 16.0 Å². The standard InChI is InChI=1S/C12H11ClN2O2S2/c1-2-8(7-14)15-19(16,17)12-11(13)9-5-3-4-6-10(9)18-12/h3-6,8,15H,2H2,1H3/t8-/m0/s1. The van der Waals surface area contributed by atoms with Crippen LogP contribution in [0.25, 0.3) is 10.1 Å². The second-order valence-electron chi connectivity index (χ2n) is 3.91. The summed E-state index contributed by atoms with van der Waals surface area (Å²) in [5, 5.41) is 9.76. The molecule has 0 radical (unpaired) electrons. The highest BCUT2D eigenvalue weighted by Gasteiger charge is 2.25. The maximum atomic E-state index is 12.2. The highest BCUT2D eigenvalue weighted by atomic mass is 35.5. The van der Waals surface area contributed by atoms with Crippen LogP contribution in [-0.4, -0.2) is 14.5 Å². The number of nitrogens with one attached hydrogen (secondary N) is 1. The van der Waals surface area contributed by atoms with Gasteiger partial charge < -0.3 is 0 Å². The third kappa shape index (κ3) is 2.74. The van der Waals surface area contributed by atoms with Gasteiger partial charge in [0.1, 0.15) is 6.04 Å². The Labute approximate surface area is 120 Å². The molecule has 0 saturated carbocycles. The van der Waals surface area contributed by atoms with Gasteiger partial charge in [0.25, 0.3) is 10.0 Å². The van der Waals surface area contributed by atoms with E-state index >= 15 is 0 Å². The van der Waals surface area contributed by atoms with Gasteiger partial charge in [0.2, 0.25) is 0 Å². The zero-order valence-corrected chi connectivity index (χ0v) is 12.4. The van der Waals surface area contributed by atoms with Crippen LogP contribution >= 0.6 is 22.9 Å². The lowest BCUT2D eigenvalue weighted by molar-refractivity contribution is 0.571. The Morgan fingerprint density at radius 1 is 1.47 bits per heavy atom. The largest absolute Gasteiger partial charge is 0.252 e. The molecule has 0 saturated heterocycles. The predicted octanol–water partition coefficient (Wildman–Crippen LogP) is 3.14. The summed E-state index contributed by atoms with van der Waals surface area (Å²) in [5.74, 6) is 0. The summed E-state index contributed by atoms with van der Waals surface area (Å²) in [6.07, 6.45) is 0.401. The van der Waals surface area contributed by atoms with Gasteiger partial charge in [-0.3, -0.25) is 0 Å². The first-order chi connectivity index (χ1) is 8.99. The van der Waals surface area contributed by atoms with E-state index in [2.05, 4.69) is 4.72 Å². The van der Waals surface area contributed by atoms with Crippen LogP contribution in [0.3, 0.4) is 0 Å². The number of rotatable bonds is 4. The van der Waals surface area contributed by atoms with Crippen LogP contribution in [0.4, 0.5) is 0 Å². The van der Waals surface area contributed by atoms with Gasteiger partial charge in [-0.15, -0.1) is 11.3 Å². The van der Waals surface area contributed by atoms with Crippen molar-refractivity contribution in [1.82, 2.24) is 4.72 Å². The predicted molar refractivity (Wildman–Crippen MR) is 76.8 cm³/mol. The first-order valence-electron chi connectivity index (χ1n) is 5.58. The molecule has 0 aliphatic heterocycles. The number of halogens is 1. The summed E-state index contributed by atoms with van der Waals surface area (Å²) in [5.41, 5.74) is 0. The molecule has 1 aromatic carbocycles. The second-order valence-corrected chi connectivity index (χ2v) is 7.25. The summed E-state index contributed by atoms with van der Waals surface area (Å²) in [6, 6.07) is 8.37. The average molecular weight is 315 g/mol. The molecule has 100 valence electrons. The van der Waals surface area contributed by atoms with Crippen molar-refractivity contribution >= 4 is 43.0 Å². The Balaban J connectivity index is 2.50. The van der Waals surface area contributed by atoms with Crippen molar-refractivity contribution in [3.8, 4) is 6.07 Å². The molecule has 19 heavy (non-hydrogen) atoms. The summed E-state index contributed by atoms with van der Waals surface area (Å²) >= 11 is 7.22. The minimum atomic E-state index is -3.76. The average Bonchev–Trinajstić information content (AvgIpc) is 2.75. The Morgan fingerprint density at radius 2 is 2.16 bits per heavy atom. The fourth-order valence-corrected chi connectivity index (χ4v) is 4.97. The molecule has 0 aliphatic carbocycles. The molecule has 0 spiro atoms. The van der Waals surface area contributed by atoms with E-state index in [1.807, 2.05) is 18.2 Å². The molecule has 1 N–H and O–H groups in total. The van der Waals surface area contributed by atoms with Gasteiger partial charge in [-0.25, -0.2) is 8.42 Å². The van der Waals surface area contributed by atoms with Crippen LogP contribution < -0.4 is 4.72 Å². The van der Waals surface area contributed by atoms with Crippen molar-refractivity contribution in [2.24, 2.45) is 0 Å². The maximum Gasteiger partial charge on any atom is 0.252 e. The first kappa shape index (κ1) is 14.3. The third-order valence-corrected chi connectivity index (χ3v) is 6.39. The number of benzene rings is 1. The van der Waals surface area contributed by atoms with E-state index in [1.54, 1.807) is 19.1 Å². The summed E-state index contributed by atoms with van der Waals surface area (Å²) in [7, 11) is -3.76. The lowest BCUT2D eigenvalue weighted by Gasteiger charge is -2.08. The van der Waals surface area contributed by atoms with Crippen LogP contribution in [0, 0.1) is 11.3 Å². The van der Waals surface area contributed by atoms with E-state index in [-0.39, 0.29) is 9.23 Å². The van der Waals surface area contributed by atoms with Crippen LogP contribution in [0.5, 0.6) is 0 Å². The van der Waals surface area contributed by atoms with E-state index in [0.29, 0.717) is 11.8 Å². The van der Waals surface area contributed by atoms with E-state index in [1.165, 1.54) is 0 Å². The van der Waals surface area contributed by atoms with Gasteiger partial charge in [0.05, 0.1) is 11.1 Å². The van der Waals surface area contributed by atoms with Crippen molar-refractivity contribution in [3.05, 3.63) is 29.3 Å². The fraction of sp³-hybridized carbons (Fsp3) is 0.250. The molecule has 1 heterocycles. The number of nitrogens with zero attached hydrogens (tertiary/aromatic N) is 1. The number of nitriles is 1. The number of hydrogen-bond donors (Lipinski definition) is 1. The van der Waals surface area contributed by atoms with E-state index < -0.39 is 16.1 Å². The van der Waals surface area contributed by atoms with Gasteiger partial charge >= 0.3 is 0 Å². The lowest BCUT2D eigenvalue weighted by Crippen LogP contribution is -2.32. The molecule has 0 aliphatic rings. The Bertz CT molecular complexity index is 747. The smallest absolute Gasteiger partial charge is 0.206 e. The molecular formula is C12H11ClN2O2S2. The van der Waals surface area contributed by atoms with E-state index in [4.69, 9.17) is 16.9 Å². The van der Waals surface area contributed by atoms with Gasteiger partial charge in [-0.2, -0.15) is 9.98 Å². The zero-order chi connectivity index (χ0) is 14.0. The van der Waals surface area contributed by atoms with Crippen LogP contribution in [0.1, 0.15) is 13.3 Å². The number of fused-ring (bicyclic) bond motifs is 1. The Kier molecular flexibility index (Phi) is 4.11. The summed E-state index contributed by atoms with van der Waals surface area (Å²) in [4.78, 5) is 0. The maximum absolute atomic E-state index is 12.2.